The molecule has 0 saturated heterocycles. The minimum absolute atomic E-state index is 0.0803. The molecule has 1 aliphatic carbocycles. The molecule has 120 valence electrons. The van der Waals surface area contributed by atoms with Crippen LogP contribution in [0.5, 0.6) is 0 Å². The molecule has 1 fully saturated rings. The molecule has 0 bridgehead atoms. The number of carbonyl (C=O) groups excluding carboxylic acids is 1. The van der Waals surface area contributed by atoms with Gasteiger partial charge in [-0.2, -0.15) is 0 Å². The highest BCUT2D eigenvalue weighted by atomic mass is 32.1. The van der Waals surface area contributed by atoms with Crippen LogP contribution in [0.1, 0.15) is 33.9 Å². The Kier molecular flexibility index (Phi) is 3.61. The second-order valence-corrected chi connectivity index (χ2v) is 6.93. The van der Waals surface area contributed by atoms with E-state index in [1.165, 1.54) is 11.3 Å². The third kappa shape index (κ3) is 2.69. The smallest absolute Gasteiger partial charge is 0.264 e. The van der Waals surface area contributed by atoms with Gasteiger partial charge in [-0.25, -0.2) is 4.98 Å². The van der Waals surface area contributed by atoms with E-state index in [1.807, 2.05) is 37.3 Å². The van der Waals surface area contributed by atoms with Gasteiger partial charge in [0.05, 0.1) is 16.9 Å². The minimum Gasteiger partial charge on any atom is -0.340 e. The highest BCUT2D eigenvalue weighted by Gasteiger charge is 2.47. The van der Waals surface area contributed by atoms with Crippen molar-refractivity contribution in [2.45, 2.75) is 25.3 Å². The van der Waals surface area contributed by atoms with Crippen molar-refractivity contribution in [2.24, 2.45) is 0 Å². The van der Waals surface area contributed by atoms with Crippen LogP contribution in [0.25, 0.3) is 10.6 Å². The van der Waals surface area contributed by atoms with Gasteiger partial charge in [-0.05, 0) is 44.0 Å². The predicted molar refractivity (Wildman–Crippen MR) is 92.7 cm³/mol. The lowest BCUT2D eigenvalue weighted by Crippen LogP contribution is -2.35. The van der Waals surface area contributed by atoms with Gasteiger partial charge in [-0.3, -0.25) is 14.8 Å². The molecule has 0 radical (unpaired) electrons. The molecule has 24 heavy (non-hydrogen) atoms. The quantitative estimate of drug-likeness (QED) is 0.793. The summed E-state index contributed by atoms with van der Waals surface area (Å²) in [5, 5.41) is 3.97. The third-order valence-electron chi connectivity index (χ3n) is 4.17. The number of nitrogens with zero attached hydrogens (tertiary/aromatic N) is 3. The topological polar surface area (TPSA) is 67.8 Å². The van der Waals surface area contributed by atoms with Crippen molar-refractivity contribution in [3.63, 3.8) is 0 Å². The van der Waals surface area contributed by atoms with Crippen LogP contribution in [0, 0.1) is 6.92 Å². The number of hydrogen-bond donors (Lipinski definition) is 1. The Morgan fingerprint density at radius 3 is 2.75 bits per heavy atom. The largest absolute Gasteiger partial charge is 0.340 e. The molecule has 1 N–H and O–H groups in total. The summed E-state index contributed by atoms with van der Waals surface area (Å²) in [6.07, 6.45) is 7.09. The Morgan fingerprint density at radius 2 is 2.08 bits per heavy atom. The molecule has 4 rings (SSSR count). The van der Waals surface area contributed by atoms with Gasteiger partial charge in [0, 0.05) is 24.2 Å². The van der Waals surface area contributed by atoms with Crippen LogP contribution in [0.15, 0.2) is 48.9 Å². The first-order valence-electron chi connectivity index (χ1n) is 7.80. The Labute approximate surface area is 143 Å². The van der Waals surface area contributed by atoms with E-state index in [2.05, 4.69) is 20.3 Å². The van der Waals surface area contributed by atoms with E-state index in [-0.39, 0.29) is 11.4 Å². The highest BCUT2D eigenvalue weighted by Crippen LogP contribution is 2.45. The molecule has 6 heteroatoms. The Morgan fingerprint density at radius 1 is 1.21 bits per heavy atom. The third-order valence-corrected chi connectivity index (χ3v) is 5.37. The normalized spacial score (nSPS) is 15.0. The lowest BCUT2D eigenvalue weighted by molar-refractivity contribution is 0.0933. The number of pyridine rings is 2. The Bertz CT molecular complexity index is 873. The molecular weight excluding hydrogens is 320 g/mol. The van der Waals surface area contributed by atoms with Crippen molar-refractivity contribution in [1.29, 1.82) is 0 Å². The van der Waals surface area contributed by atoms with Crippen LogP contribution in [-0.4, -0.2) is 20.9 Å². The number of nitrogens with one attached hydrogen (secondary N) is 1. The van der Waals surface area contributed by atoms with E-state index in [1.54, 1.807) is 18.6 Å². The van der Waals surface area contributed by atoms with E-state index in [4.69, 9.17) is 0 Å². The first kappa shape index (κ1) is 15.0. The van der Waals surface area contributed by atoms with Crippen molar-refractivity contribution in [3.05, 3.63) is 65.2 Å². The molecular formula is C18H16N4OS. The summed E-state index contributed by atoms with van der Waals surface area (Å²) in [6.45, 7) is 1.87. The molecule has 1 aliphatic rings. The van der Waals surface area contributed by atoms with Gasteiger partial charge in [0.15, 0.2) is 0 Å². The SMILES string of the molecule is Cc1nc(-c2cccnc2)sc1C(=O)NC1(c2ccccn2)CC1. The lowest BCUT2D eigenvalue weighted by atomic mass is 10.1. The summed E-state index contributed by atoms with van der Waals surface area (Å²) in [6, 6.07) is 9.62. The van der Waals surface area contributed by atoms with Gasteiger partial charge >= 0.3 is 0 Å². The average Bonchev–Trinajstić information content (AvgIpc) is 3.30. The molecule has 1 amide bonds. The fourth-order valence-corrected chi connectivity index (χ4v) is 3.66. The molecule has 0 unspecified atom stereocenters. The monoisotopic (exact) mass is 336 g/mol. The molecule has 0 atom stereocenters. The predicted octanol–water partition coefficient (Wildman–Crippen LogP) is 3.33. The van der Waals surface area contributed by atoms with Gasteiger partial charge in [0.1, 0.15) is 9.88 Å². The zero-order chi connectivity index (χ0) is 16.6. The zero-order valence-electron chi connectivity index (χ0n) is 13.2. The fourth-order valence-electron chi connectivity index (χ4n) is 2.71. The van der Waals surface area contributed by atoms with E-state index in [0.717, 1.165) is 34.8 Å². The maximum Gasteiger partial charge on any atom is 0.264 e. The van der Waals surface area contributed by atoms with Crippen LogP contribution < -0.4 is 5.32 Å². The number of aryl methyl sites for hydroxylation is 1. The van der Waals surface area contributed by atoms with Crippen LogP contribution >= 0.6 is 11.3 Å². The standard InChI is InChI=1S/C18H16N4OS/c1-12-15(24-17(21-12)13-5-4-9-19-11-13)16(23)22-18(7-8-18)14-6-2-3-10-20-14/h2-6,9-11H,7-8H2,1H3,(H,22,23). The number of hydrogen-bond acceptors (Lipinski definition) is 5. The molecule has 1 saturated carbocycles. The van der Waals surface area contributed by atoms with Crippen molar-refractivity contribution in [1.82, 2.24) is 20.3 Å². The van der Waals surface area contributed by atoms with Gasteiger partial charge in [0.2, 0.25) is 0 Å². The molecule has 3 aromatic heterocycles. The van der Waals surface area contributed by atoms with Gasteiger partial charge in [0.25, 0.3) is 5.91 Å². The molecule has 3 heterocycles. The van der Waals surface area contributed by atoms with Crippen molar-refractivity contribution in [3.8, 4) is 10.6 Å². The van der Waals surface area contributed by atoms with Crippen LogP contribution in [0.2, 0.25) is 0 Å². The maximum atomic E-state index is 12.8. The zero-order valence-corrected chi connectivity index (χ0v) is 14.0. The number of rotatable bonds is 4. The van der Waals surface area contributed by atoms with E-state index >= 15 is 0 Å². The molecule has 5 nitrogen and oxygen atoms in total. The van der Waals surface area contributed by atoms with Crippen molar-refractivity contribution >= 4 is 17.2 Å². The van der Waals surface area contributed by atoms with E-state index in [0.29, 0.717) is 4.88 Å². The van der Waals surface area contributed by atoms with Gasteiger partial charge < -0.3 is 5.32 Å². The van der Waals surface area contributed by atoms with E-state index in [9.17, 15) is 4.79 Å². The van der Waals surface area contributed by atoms with Gasteiger partial charge in [-0.1, -0.05) is 6.07 Å². The van der Waals surface area contributed by atoms with Gasteiger partial charge in [-0.15, -0.1) is 11.3 Å². The number of aromatic nitrogens is 3. The maximum absolute atomic E-state index is 12.8. The summed E-state index contributed by atoms with van der Waals surface area (Å²) in [4.78, 5) is 26.4. The molecule has 0 aliphatic heterocycles. The molecule has 0 aromatic carbocycles. The first-order chi connectivity index (χ1) is 11.7. The Hall–Kier alpha value is -2.60. The summed E-state index contributed by atoms with van der Waals surface area (Å²) in [5.74, 6) is -0.0803. The van der Waals surface area contributed by atoms with E-state index < -0.39 is 0 Å². The Balaban J connectivity index is 1.59. The molecule has 3 aromatic rings. The first-order valence-corrected chi connectivity index (χ1v) is 8.61. The highest BCUT2D eigenvalue weighted by molar-refractivity contribution is 7.17. The van der Waals surface area contributed by atoms with Crippen LogP contribution in [0.4, 0.5) is 0 Å². The van der Waals surface area contributed by atoms with Crippen molar-refractivity contribution < 1.29 is 4.79 Å². The van der Waals surface area contributed by atoms with Crippen LogP contribution in [-0.2, 0) is 5.54 Å². The molecule has 0 spiro atoms. The minimum atomic E-state index is -0.316. The summed E-state index contributed by atoms with van der Waals surface area (Å²) >= 11 is 1.40. The second-order valence-electron chi connectivity index (χ2n) is 5.93. The second kappa shape index (κ2) is 5.79. The summed E-state index contributed by atoms with van der Waals surface area (Å²) in [7, 11) is 0. The fraction of sp³-hybridized carbons (Fsp3) is 0.222. The number of carbonyl (C=O) groups is 1. The lowest BCUT2D eigenvalue weighted by Gasteiger charge is -2.16. The summed E-state index contributed by atoms with van der Waals surface area (Å²) in [5.41, 5.74) is 2.28. The van der Waals surface area contributed by atoms with Crippen LogP contribution in [0.3, 0.4) is 0 Å². The van der Waals surface area contributed by atoms with Crippen molar-refractivity contribution in [2.75, 3.05) is 0 Å². The number of thiazole rings is 1. The number of amides is 1. The average molecular weight is 336 g/mol. The summed E-state index contributed by atoms with van der Waals surface area (Å²) < 4.78 is 0.